The van der Waals surface area contributed by atoms with E-state index in [9.17, 15) is 4.79 Å². The minimum Gasteiger partial charge on any atom is -0.493 e. The molecule has 0 fully saturated rings. The van der Waals surface area contributed by atoms with Crippen LogP contribution in [0.1, 0.15) is 29.8 Å². The van der Waals surface area contributed by atoms with Gasteiger partial charge in [-0.25, -0.2) is 4.99 Å². The van der Waals surface area contributed by atoms with Crippen molar-refractivity contribution in [2.75, 3.05) is 11.9 Å². The average molecular weight is 492 g/mol. The smallest absolute Gasteiger partial charge is 0.258 e. The number of amides is 1. The average Bonchev–Trinajstić information content (AvgIpc) is 3.16. The Morgan fingerprint density at radius 3 is 2.72 bits per heavy atom. The van der Waals surface area contributed by atoms with Gasteiger partial charge in [0, 0.05) is 27.0 Å². The maximum atomic E-state index is 12.6. The quantitative estimate of drug-likeness (QED) is 0.355. The number of thiophene rings is 1. The van der Waals surface area contributed by atoms with Gasteiger partial charge in [0.25, 0.3) is 5.91 Å². The monoisotopic (exact) mass is 490 g/mol. The molecular weight excluding hydrogens is 472 g/mol. The second kappa shape index (κ2) is 10.1. The second-order valence-corrected chi connectivity index (χ2v) is 8.99. The highest BCUT2D eigenvalue weighted by Crippen LogP contribution is 2.29. The van der Waals surface area contributed by atoms with Gasteiger partial charge in [0.2, 0.25) is 0 Å². The summed E-state index contributed by atoms with van der Waals surface area (Å²) in [4.78, 5) is 17.2. The topological polar surface area (TPSA) is 50.7 Å². The van der Waals surface area contributed by atoms with Gasteiger partial charge < -0.3 is 10.1 Å². The molecule has 0 aliphatic carbocycles. The van der Waals surface area contributed by atoms with Crippen molar-refractivity contribution in [3.05, 3.63) is 74.5 Å². The fourth-order valence-corrected chi connectivity index (χ4v) is 3.68. The van der Waals surface area contributed by atoms with E-state index in [1.54, 1.807) is 36.5 Å². The number of ether oxygens (including phenoxy) is 1. The zero-order valence-electron chi connectivity index (χ0n) is 16.0. The lowest BCUT2D eigenvalue weighted by Crippen LogP contribution is -2.10. The minimum atomic E-state index is -0.216. The van der Waals surface area contributed by atoms with Crippen LogP contribution >= 0.6 is 38.9 Å². The first-order valence-electron chi connectivity index (χ1n) is 9.03. The molecule has 0 atom stereocenters. The van der Waals surface area contributed by atoms with Crippen molar-refractivity contribution in [3.63, 3.8) is 0 Å². The van der Waals surface area contributed by atoms with Gasteiger partial charge in [-0.3, -0.25) is 4.79 Å². The van der Waals surface area contributed by atoms with Crippen LogP contribution in [0.2, 0.25) is 5.02 Å². The van der Waals surface area contributed by atoms with E-state index in [1.165, 1.54) is 11.3 Å². The molecule has 3 rings (SSSR count). The van der Waals surface area contributed by atoms with Crippen LogP contribution in [0.5, 0.6) is 5.75 Å². The number of carbonyl (C=O) groups is 1. The summed E-state index contributed by atoms with van der Waals surface area (Å²) in [6, 6.07) is 14.5. The van der Waals surface area contributed by atoms with Crippen LogP contribution in [0.15, 0.2) is 63.4 Å². The van der Waals surface area contributed by atoms with Gasteiger partial charge in [-0.05, 0) is 59.8 Å². The Bertz CT molecular complexity index is 1020. The lowest BCUT2D eigenvalue weighted by Gasteiger charge is -2.11. The highest BCUT2D eigenvalue weighted by Gasteiger charge is 2.13. The largest absolute Gasteiger partial charge is 0.493 e. The molecule has 2 aromatic carbocycles. The van der Waals surface area contributed by atoms with Gasteiger partial charge >= 0.3 is 0 Å². The number of hydrogen-bond acceptors (Lipinski definition) is 4. The van der Waals surface area contributed by atoms with Crippen LogP contribution in [0.3, 0.4) is 0 Å². The highest BCUT2D eigenvalue weighted by molar-refractivity contribution is 9.10. The molecule has 1 amide bonds. The molecule has 0 spiro atoms. The Hall–Kier alpha value is -2.15. The van der Waals surface area contributed by atoms with Crippen LogP contribution in [0.25, 0.3) is 0 Å². The van der Waals surface area contributed by atoms with Crippen molar-refractivity contribution in [2.24, 2.45) is 10.9 Å². The lowest BCUT2D eigenvalue weighted by atomic mass is 10.2. The maximum Gasteiger partial charge on any atom is 0.258 e. The Morgan fingerprint density at radius 1 is 1.24 bits per heavy atom. The fraction of sp³-hybridized carbons (Fsp3) is 0.182. The van der Waals surface area contributed by atoms with Gasteiger partial charge in [-0.1, -0.05) is 41.4 Å². The molecule has 1 aromatic heterocycles. The molecule has 29 heavy (non-hydrogen) atoms. The van der Waals surface area contributed by atoms with E-state index in [2.05, 4.69) is 40.1 Å². The number of halogens is 2. The number of benzene rings is 2. The van der Waals surface area contributed by atoms with Gasteiger partial charge in [0.1, 0.15) is 10.8 Å². The molecule has 0 aliphatic rings. The summed E-state index contributed by atoms with van der Waals surface area (Å²) in [6.07, 6.45) is 1.73. The van der Waals surface area contributed by atoms with Crippen molar-refractivity contribution >= 4 is 61.7 Å². The number of carbonyl (C=O) groups excluding carboxylic acids is 1. The van der Waals surface area contributed by atoms with Crippen LogP contribution < -0.4 is 10.1 Å². The van der Waals surface area contributed by atoms with Crippen LogP contribution in [-0.4, -0.2) is 18.7 Å². The summed E-state index contributed by atoms with van der Waals surface area (Å²) < 4.78 is 6.82. The van der Waals surface area contributed by atoms with Crippen molar-refractivity contribution in [1.29, 1.82) is 0 Å². The Morgan fingerprint density at radius 2 is 2.00 bits per heavy atom. The van der Waals surface area contributed by atoms with Crippen molar-refractivity contribution in [1.82, 2.24) is 0 Å². The van der Waals surface area contributed by atoms with E-state index in [4.69, 9.17) is 16.3 Å². The second-order valence-electron chi connectivity index (χ2n) is 6.75. The number of hydrogen-bond donors (Lipinski definition) is 1. The summed E-state index contributed by atoms with van der Waals surface area (Å²) >= 11 is 10.8. The number of rotatable bonds is 7. The first kappa shape index (κ1) is 21.6. The predicted octanol–water partition coefficient (Wildman–Crippen LogP) is 7.20. The Labute approximate surface area is 187 Å². The van der Waals surface area contributed by atoms with Crippen LogP contribution in [0.4, 0.5) is 10.7 Å². The van der Waals surface area contributed by atoms with Gasteiger partial charge in [-0.2, -0.15) is 0 Å². The van der Waals surface area contributed by atoms with Crippen molar-refractivity contribution in [3.8, 4) is 5.75 Å². The normalized spacial score (nSPS) is 11.2. The van der Waals surface area contributed by atoms with E-state index in [1.807, 2.05) is 23.6 Å². The highest BCUT2D eigenvalue weighted by atomic mass is 79.9. The van der Waals surface area contributed by atoms with E-state index in [0.29, 0.717) is 33.8 Å². The van der Waals surface area contributed by atoms with E-state index in [0.717, 1.165) is 15.8 Å². The Kier molecular flexibility index (Phi) is 7.47. The molecule has 0 aliphatic heterocycles. The van der Waals surface area contributed by atoms with E-state index >= 15 is 0 Å². The predicted molar refractivity (Wildman–Crippen MR) is 125 cm³/mol. The van der Waals surface area contributed by atoms with E-state index in [-0.39, 0.29) is 5.91 Å². The van der Waals surface area contributed by atoms with Crippen LogP contribution in [0, 0.1) is 5.92 Å². The van der Waals surface area contributed by atoms with Gasteiger partial charge in [0.15, 0.2) is 0 Å². The molecule has 0 saturated heterocycles. The molecule has 1 heterocycles. The summed E-state index contributed by atoms with van der Waals surface area (Å²) in [5.74, 6) is 0.963. The lowest BCUT2D eigenvalue weighted by molar-refractivity contribution is 0.102. The third-order valence-electron chi connectivity index (χ3n) is 3.86. The zero-order valence-corrected chi connectivity index (χ0v) is 19.1. The van der Waals surface area contributed by atoms with Crippen molar-refractivity contribution < 1.29 is 9.53 Å². The first-order chi connectivity index (χ1) is 13.9. The van der Waals surface area contributed by atoms with Crippen molar-refractivity contribution in [2.45, 2.75) is 13.8 Å². The molecule has 3 aromatic rings. The number of aliphatic imine (C=N–C) groups is 1. The third-order valence-corrected chi connectivity index (χ3v) is 5.42. The molecule has 0 saturated carbocycles. The number of anilines is 1. The fourth-order valence-electron chi connectivity index (χ4n) is 2.44. The first-order valence-corrected chi connectivity index (χ1v) is 11.1. The minimum absolute atomic E-state index is 0.216. The SMILES string of the molecule is CC(C)COc1ccc(Br)cc1/C=N/c1sccc1C(=O)Nc1ccc(Cl)cc1. The summed E-state index contributed by atoms with van der Waals surface area (Å²) in [5, 5.41) is 5.96. The summed E-state index contributed by atoms with van der Waals surface area (Å²) in [6.45, 7) is 4.82. The molecular formula is C22H20BrClN2O2S. The Balaban J connectivity index is 1.79. The number of nitrogens with zero attached hydrogens (tertiary/aromatic N) is 1. The molecule has 0 radical (unpaired) electrons. The molecule has 7 heteroatoms. The van der Waals surface area contributed by atoms with Gasteiger partial charge in [0.05, 0.1) is 12.2 Å². The van der Waals surface area contributed by atoms with Gasteiger partial charge in [-0.15, -0.1) is 11.3 Å². The molecule has 0 unspecified atom stereocenters. The zero-order chi connectivity index (χ0) is 20.8. The number of nitrogens with one attached hydrogen (secondary N) is 1. The summed E-state index contributed by atoms with van der Waals surface area (Å²) in [5.41, 5.74) is 2.04. The standard InChI is InChI=1S/C22H20BrClN2O2S/c1-14(2)13-28-20-8-3-16(23)11-15(20)12-25-22-19(9-10-29-22)21(27)26-18-6-4-17(24)5-7-18/h3-12,14H,13H2,1-2H3,(H,26,27)/b25-12+. The maximum absolute atomic E-state index is 12.6. The van der Waals surface area contributed by atoms with E-state index < -0.39 is 0 Å². The molecule has 0 bridgehead atoms. The third kappa shape index (κ3) is 6.16. The van der Waals surface area contributed by atoms with Crippen LogP contribution in [-0.2, 0) is 0 Å². The molecule has 4 nitrogen and oxygen atoms in total. The molecule has 1 N–H and O–H groups in total. The molecule has 150 valence electrons. The summed E-state index contributed by atoms with van der Waals surface area (Å²) in [7, 11) is 0.